The fourth-order valence-electron chi connectivity index (χ4n) is 1.88. The monoisotopic (exact) mass is 299 g/mol. The largest absolute Gasteiger partial charge is 0.481 e. The van der Waals surface area contributed by atoms with E-state index in [-0.39, 0.29) is 38.5 Å². The van der Waals surface area contributed by atoms with E-state index in [0.717, 1.165) is 0 Å². The number of rotatable bonds is 10. The van der Waals surface area contributed by atoms with E-state index in [1.165, 1.54) is 0 Å². The number of amides is 1. The lowest BCUT2D eigenvalue weighted by Crippen LogP contribution is -2.49. The minimum absolute atomic E-state index is 0.101. The molecule has 0 heterocycles. The summed E-state index contributed by atoms with van der Waals surface area (Å²) in [5, 5.41) is 28.6. The lowest BCUT2D eigenvalue weighted by atomic mass is 9.83. The summed E-state index contributed by atoms with van der Waals surface area (Å²) in [6.45, 7) is 0. The minimum atomic E-state index is -1.27. The Bertz CT molecular complexity index is 418. The Kier molecular flexibility index (Phi) is 7.53. The van der Waals surface area contributed by atoms with E-state index in [0.29, 0.717) is 0 Å². The molecule has 0 fully saturated rings. The number of carbonyl (C=O) groups is 4. The number of carbonyl (C=O) groups excluding carboxylic acids is 1. The molecule has 4 N–H and O–H groups in total. The zero-order valence-corrected chi connectivity index (χ0v) is 11.3. The number of nitrogens with one attached hydrogen (secondary N) is 1. The van der Waals surface area contributed by atoms with Crippen LogP contribution in [0.3, 0.4) is 0 Å². The van der Waals surface area contributed by atoms with E-state index in [4.69, 9.17) is 21.7 Å². The predicted molar refractivity (Wildman–Crippen MR) is 70.3 cm³/mol. The van der Waals surface area contributed by atoms with Gasteiger partial charge in [0.05, 0.1) is 0 Å². The maximum Gasteiger partial charge on any atom is 0.303 e. The summed E-state index contributed by atoms with van der Waals surface area (Å²) < 4.78 is 0. The molecule has 21 heavy (non-hydrogen) atoms. The van der Waals surface area contributed by atoms with Crippen molar-refractivity contribution in [3.63, 3.8) is 0 Å². The molecule has 0 radical (unpaired) electrons. The van der Waals surface area contributed by atoms with E-state index in [9.17, 15) is 19.2 Å². The molecule has 1 amide bonds. The molecule has 0 aliphatic rings. The van der Waals surface area contributed by atoms with E-state index in [2.05, 4.69) is 5.32 Å². The molecule has 8 heteroatoms. The van der Waals surface area contributed by atoms with Crippen molar-refractivity contribution in [2.75, 3.05) is 0 Å². The Hall–Kier alpha value is -2.56. The fraction of sp³-hybridized carbons (Fsp3) is 0.538. The molecule has 0 aliphatic carbocycles. The third-order valence-corrected chi connectivity index (χ3v) is 2.96. The highest BCUT2D eigenvalue weighted by Crippen LogP contribution is 2.26. The first-order valence-electron chi connectivity index (χ1n) is 6.15. The number of aliphatic carboxylic acids is 3. The Morgan fingerprint density at radius 1 is 0.857 bits per heavy atom. The Balaban J connectivity index is 5.17. The van der Waals surface area contributed by atoms with Crippen molar-refractivity contribution in [3.05, 3.63) is 0 Å². The summed E-state index contributed by atoms with van der Waals surface area (Å²) in [7, 11) is 0. The van der Waals surface area contributed by atoms with Crippen molar-refractivity contribution in [2.24, 2.45) is 0 Å². The smallest absolute Gasteiger partial charge is 0.303 e. The number of hydrogen-bond acceptors (Lipinski definition) is 4. The van der Waals surface area contributed by atoms with E-state index < -0.39 is 29.4 Å². The van der Waals surface area contributed by atoms with Crippen LogP contribution < -0.4 is 5.32 Å². The van der Waals surface area contributed by atoms with Crippen LogP contribution in [0.25, 0.3) is 0 Å². The maximum absolute atomic E-state index is 11.4. The number of terminal acetylenes is 1. The van der Waals surface area contributed by atoms with Gasteiger partial charge >= 0.3 is 17.9 Å². The summed E-state index contributed by atoms with van der Waals surface area (Å²) in [4.78, 5) is 43.4. The van der Waals surface area contributed by atoms with Gasteiger partial charge in [-0.1, -0.05) is 0 Å². The molecule has 116 valence electrons. The molecular weight excluding hydrogens is 282 g/mol. The van der Waals surface area contributed by atoms with Gasteiger partial charge in [0.2, 0.25) is 0 Å². The van der Waals surface area contributed by atoms with Crippen LogP contribution in [-0.4, -0.2) is 44.7 Å². The molecule has 0 bridgehead atoms. The molecule has 0 aromatic carbocycles. The normalized spacial score (nSPS) is 10.4. The van der Waals surface area contributed by atoms with Gasteiger partial charge < -0.3 is 20.6 Å². The van der Waals surface area contributed by atoms with E-state index in [1.807, 2.05) is 0 Å². The average Bonchev–Trinajstić information content (AvgIpc) is 2.40. The van der Waals surface area contributed by atoms with Crippen LogP contribution in [0.4, 0.5) is 0 Å². The molecule has 0 unspecified atom stereocenters. The second-order valence-corrected chi connectivity index (χ2v) is 4.56. The first-order valence-corrected chi connectivity index (χ1v) is 6.15. The van der Waals surface area contributed by atoms with Gasteiger partial charge in [0.1, 0.15) is 0 Å². The molecule has 0 rings (SSSR count). The first-order chi connectivity index (χ1) is 9.70. The lowest BCUT2D eigenvalue weighted by molar-refractivity contribution is -0.138. The van der Waals surface area contributed by atoms with Crippen LogP contribution in [0.15, 0.2) is 0 Å². The van der Waals surface area contributed by atoms with Gasteiger partial charge in [0.25, 0.3) is 5.91 Å². The van der Waals surface area contributed by atoms with Gasteiger partial charge in [-0.05, 0) is 25.2 Å². The predicted octanol–water partition coefficient (Wildman–Crippen LogP) is 0.0690. The summed E-state index contributed by atoms with van der Waals surface area (Å²) in [5.41, 5.74) is -1.27. The highest BCUT2D eigenvalue weighted by molar-refractivity contribution is 5.93. The molecule has 0 atom stereocenters. The molecule has 8 nitrogen and oxygen atoms in total. The lowest BCUT2D eigenvalue weighted by Gasteiger charge is -2.33. The van der Waals surface area contributed by atoms with Gasteiger partial charge in [0, 0.05) is 24.8 Å². The van der Waals surface area contributed by atoms with Crippen LogP contribution in [-0.2, 0) is 19.2 Å². The highest BCUT2D eigenvalue weighted by atomic mass is 16.4. The van der Waals surface area contributed by atoms with Crippen molar-refractivity contribution >= 4 is 23.8 Å². The van der Waals surface area contributed by atoms with Crippen molar-refractivity contribution in [1.29, 1.82) is 0 Å². The summed E-state index contributed by atoms with van der Waals surface area (Å²) >= 11 is 0. The van der Waals surface area contributed by atoms with Crippen LogP contribution in [0.1, 0.15) is 38.5 Å². The van der Waals surface area contributed by atoms with E-state index >= 15 is 0 Å². The van der Waals surface area contributed by atoms with Crippen LogP contribution in [0, 0.1) is 12.3 Å². The quantitative estimate of drug-likeness (QED) is 0.418. The average molecular weight is 299 g/mol. The fourth-order valence-corrected chi connectivity index (χ4v) is 1.88. The molecule has 0 aromatic rings. The highest BCUT2D eigenvalue weighted by Gasteiger charge is 2.33. The Morgan fingerprint density at radius 3 is 1.43 bits per heavy atom. The van der Waals surface area contributed by atoms with Gasteiger partial charge in [-0.15, -0.1) is 6.42 Å². The summed E-state index contributed by atoms with van der Waals surface area (Å²) in [6.07, 6.45) is 3.60. The topological polar surface area (TPSA) is 141 Å². The van der Waals surface area contributed by atoms with Gasteiger partial charge in [-0.25, -0.2) is 0 Å². The van der Waals surface area contributed by atoms with Crippen LogP contribution in [0.2, 0.25) is 0 Å². The van der Waals surface area contributed by atoms with Crippen molar-refractivity contribution in [2.45, 2.75) is 44.1 Å². The number of carboxylic acids is 3. The maximum atomic E-state index is 11.4. The van der Waals surface area contributed by atoms with Gasteiger partial charge in [-0.2, -0.15) is 0 Å². The molecule has 0 aliphatic heterocycles. The SMILES string of the molecule is C#CC(=O)NC(CCC(=O)O)(CCC(=O)O)CCC(=O)O. The second-order valence-electron chi connectivity index (χ2n) is 4.56. The van der Waals surface area contributed by atoms with E-state index in [1.54, 1.807) is 5.92 Å². The zero-order chi connectivity index (χ0) is 16.5. The molecule has 0 saturated heterocycles. The Morgan fingerprint density at radius 2 is 1.19 bits per heavy atom. The van der Waals surface area contributed by atoms with Crippen molar-refractivity contribution in [1.82, 2.24) is 5.32 Å². The van der Waals surface area contributed by atoms with Crippen LogP contribution >= 0.6 is 0 Å². The summed E-state index contributed by atoms with van der Waals surface area (Å²) in [5.74, 6) is -2.46. The molecule has 0 saturated carbocycles. The number of carboxylic acid groups (broad SMARTS) is 3. The first kappa shape index (κ1) is 18.4. The van der Waals surface area contributed by atoms with Gasteiger partial charge in [-0.3, -0.25) is 19.2 Å². The van der Waals surface area contributed by atoms with Crippen LogP contribution in [0.5, 0.6) is 0 Å². The minimum Gasteiger partial charge on any atom is -0.481 e. The third kappa shape index (κ3) is 8.26. The van der Waals surface area contributed by atoms with Crippen molar-refractivity contribution in [3.8, 4) is 12.3 Å². The summed E-state index contributed by atoms with van der Waals surface area (Å²) in [6, 6.07) is 0. The van der Waals surface area contributed by atoms with Gasteiger partial charge in [0.15, 0.2) is 0 Å². The molecule has 0 aromatic heterocycles. The van der Waals surface area contributed by atoms with Crippen molar-refractivity contribution < 1.29 is 34.5 Å². The second kappa shape index (κ2) is 8.58. The standard InChI is InChI=1S/C13H17NO7/c1-2-9(15)14-13(6-3-10(16)17,7-4-11(18)19)8-5-12(20)21/h1H,3-8H2,(H,14,15)(H,16,17)(H,18,19)(H,20,21). The third-order valence-electron chi connectivity index (χ3n) is 2.96. The number of hydrogen-bond donors (Lipinski definition) is 4. The Labute approximate surface area is 121 Å². The molecule has 0 spiro atoms. The zero-order valence-electron chi connectivity index (χ0n) is 11.3. The molecular formula is C13H17NO7.